The zero-order valence-electron chi connectivity index (χ0n) is 20.5. The molecule has 0 unspecified atom stereocenters. The smallest absolute Gasteiger partial charge is 0.248 e. The summed E-state index contributed by atoms with van der Waals surface area (Å²) in [6.07, 6.45) is 3.21. The molecule has 1 amide bonds. The summed E-state index contributed by atoms with van der Waals surface area (Å²) in [6, 6.07) is 14.4. The number of amides is 1. The van der Waals surface area contributed by atoms with E-state index in [1.165, 1.54) is 12.1 Å². The van der Waals surface area contributed by atoms with Crippen molar-refractivity contribution in [1.29, 1.82) is 0 Å². The molecule has 1 heterocycles. The van der Waals surface area contributed by atoms with Crippen molar-refractivity contribution in [1.82, 2.24) is 0 Å². The number of allylic oxidation sites excluding steroid dienone is 1. The van der Waals surface area contributed by atoms with Crippen LogP contribution in [0.15, 0.2) is 65.3 Å². The maximum Gasteiger partial charge on any atom is 0.248 e. The summed E-state index contributed by atoms with van der Waals surface area (Å²) >= 11 is 0. The summed E-state index contributed by atoms with van der Waals surface area (Å²) in [5.74, 6) is 0.714. The second-order valence-electron chi connectivity index (χ2n) is 8.35. The number of carbonyl (C=O) groups is 1. The minimum absolute atomic E-state index is 0.357. The summed E-state index contributed by atoms with van der Waals surface area (Å²) in [5.41, 5.74) is 5.88. The topological polar surface area (TPSA) is 60.7 Å². The van der Waals surface area contributed by atoms with E-state index in [-0.39, 0.29) is 11.7 Å². The third kappa shape index (κ3) is 4.92. The van der Waals surface area contributed by atoms with Gasteiger partial charge in [0.1, 0.15) is 22.9 Å². The molecule has 0 aliphatic carbocycles. The number of halogens is 1. The zero-order valence-corrected chi connectivity index (χ0v) is 20.5. The highest BCUT2D eigenvalue weighted by atomic mass is 19.1. The Balaban J connectivity index is 1.72. The van der Waals surface area contributed by atoms with Gasteiger partial charge >= 0.3 is 0 Å². The van der Waals surface area contributed by atoms with Gasteiger partial charge < -0.3 is 19.2 Å². The number of carbonyl (C=O) groups excluding carboxylic acids is 1. The summed E-state index contributed by atoms with van der Waals surface area (Å²) in [7, 11) is 1.59. The maximum atomic E-state index is 13.9. The second-order valence-corrected chi connectivity index (χ2v) is 8.35. The minimum Gasteiger partial charge on any atom is -0.496 e. The quantitative estimate of drug-likeness (QED) is 0.286. The lowest BCUT2D eigenvalue weighted by Gasteiger charge is -2.13. The number of methoxy groups -OCH3 is 1. The molecule has 0 aliphatic heterocycles. The van der Waals surface area contributed by atoms with Crippen LogP contribution in [0.2, 0.25) is 0 Å². The van der Waals surface area contributed by atoms with Crippen LogP contribution in [0.4, 0.5) is 10.1 Å². The summed E-state index contributed by atoms with van der Waals surface area (Å²) < 4.78 is 31.0. The molecule has 0 atom stereocenters. The van der Waals surface area contributed by atoms with Crippen molar-refractivity contribution >= 4 is 28.1 Å². The molecule has 4 aromatic rings. The van der Waals surface area contributed by atoms with Gasteiger partial charge in [-0.25, -0.2) is 4.39 Å². The molecule has 0 fully saturated rings. The van der Waals surface area contributed by atoms with Gasteiger partial charge in [-0.1, -0.05) is 18.2 Å². The van der Waals surface area contributed by atoms with Crippen molar-refractivity contribution < 1.29 is 23.1 Å². The monoisotopic (exact) mass is 473 g/mol. The van der Waals surface area contributed by atoms with Crippen molar-refractivity contribution in [3.8, 4) is 22.6 Å². The summed E-state index contributed by atoms with van der Waals surface area (Å²) in [5, 5.41) is 3.63. The summed E-state index contributed by atoms with van der Waals surface area (Å²) in [4.78, 5) is 12.7. The number of nitrogens with one attached hydrogen (secondary N) is 1. The predicted octanol–water partition coefficient (Wildman–Crippen LogP) is 7.31. The highest BCUT2D eigenvalue weighted by Gasteiger charge is 2.19. The van der Waals surface area contributed by atoms with Gasteiger partial charge in [0.25, 0.3) is 0 Å². The average molecular weight is 474 g/mol. The van der Waals surface area contributed by atoms with Crippen LogP contribution in [-0.2, 0) is 4.79 Å². The van der Waals surface area contributed by atoms with E-state index in [1.54, 1.807) is 32.4 Å². The molecule has 1 aromatic heterocycles. The largest absolute Gasteiger partial charge is 0.496 e. The lowest BCUT2D eigenvalue weighted by Crippen LogP contribution is -2.09. The molecule has 180 valence electrons. The first kappa shape index (κ1) is 24.1. The van der Waals surface area contributed by atoms with Gasteiger partial charge in [-0.05, 0) is 74.7 Å². The predicted molar refractivity (Wildman–Crippen MR) is 138 cm³/mol. The van der Waals surface area contributed by atoms with Crippen molar-refractivity contribution in [3.63, 3.8) is 0 Å². The van der Waals surface area contributed by atoms with Gasteiger partial charge in [0.15, 0.2) is 0 Å². The zero-order chi connectivity index (χ0) is 25.1. The molecule has 3 aromatic carbocycles. The van der Waals surface area contributed by atoms with Gasteiger partial charge in [0.05, 0.1) is 20.0 Å². The number of hydrogen-bond acceptors (Lipinski definition) is 4. The minimum atomic E-state index is -0.368. The van der Waals surface area contributed by atoms with Crippen LogP contribution < -0.4 is 14.8 Å². The van der Waals surface area contributed by atoms with Gasteiger partial charge in [-0.3, -0.25) is 4.79 Å². The number of fused-ring (bicyclic) bond motifs is 1. The lowest BCUT2D eigenvalue weighted by atomic mass is 9.96. The Bertz CT molecular complexity index is 1420. The highest BCUT2D eigenvalue weighted by molar-refractivity contribution is 6.06. The van der Waals surface area contributed by atoms with E-state index in [2.05, 4.69) is 5.32 Å². The molecule has 0 saturated carbocycles. The van der Waals surface area contributed by atoms with Crippen LogP contribution in [0.25, 0.3) is 27.7 Å². The first-order valence-corrected chi connectivity index (χ1v) is 11.4. The Labute approximate surface area is 204 Å². The summed E-state index contributed by atoms with van der Waals surface area (Å²) in [6.45, 7) is 8.00. The number of hydrogen-bond donors (Lipinski definition) is 1. The van der Waals surface area contributed by atoms with Gasteiger partial charge in [-0.15, -0.1) is 0 Å². The van der Waals surface area contributed by atoms with Crippen molar-refractivity contribution in [2.75, 3.05) is 19.0 Å². The highest BCUT2D eigenvalue weighted by Crippen LogP contribution is 2.40. The first-order valence-electron chi connectivity index (χ1n) is 11.4. The average Bonchev–Trinajstić information content (AvgIpc) is 3.26. The Morgan fingerprint density at radius 1 is 1.11 bits per heavy atom. The number of furan rings is 1. The third-order valence-corrected chi connectivity index (χ3v) is 5.94. The molecular formula is C29H28FNO4. The molecule has 0 spiro atoms. The van der Waals surface area contributed by atoms with Crippen LogP contribution in [0, 0.1) is 19.7 Å². The van der Waals surface area contributed by atoms with Crippen molar-refractivity contribution in [2.45, 2.75) is 27.7 Å². The van der Waals surface area contributed by atoms with Crippen LogP contribution in [0.3, 0.4) is 0 Å². The fraction of sp³-hybridized carbons (Fsp3) is 0.207. The molecule has 1 N–H and O–H groups in total. The van der Waals surface area contributed by atoms with E-state index in [0.717, 1.165) is 39.0 Å². The van der Waals surface area contributed by atoms with E-state index in [1.807, 2.05) is 51.1 Å². The molecule has 0 radical (unpaired) electrons. The number of rotatable bonds is 7. The molecule has 4 rings (SSSR count). The number of benzene rings is 3. The van der Waals surface area contributed by atoms with Gasteiger partial charge in [-0.2, -0.15) is 0 Å². The van der Waals surface area contributed by atoms with E-state index in [0.29, 0.717) is 29.2 Å². The first-order chi connectivity index (χ1) is 16.8. The van der Waals surface area contributed by atoms with Crippen LogP contribution >= 0.6 is 0 Å². The Kier molecular flexibility index (Phi) is 6.92. The van der Waals surface area contributed by atoms with E-state index < -0.39 is 0 Å². The molecule has 6 heteroatoms. The second kappa shape index (κ2) is 10.1. The Hall–Kier alpha value is -4.06. The molecule has 5 nitrogen and oxygen atoms in total. The standard InChI is InChI=1S/C29H28FNO4/c1-6-34-22-11-8-20(9-12-22)25-16-35-29-19(4)28(33-5)23(15-24(25)29)18(3)13-27(32)31-21-10-7-17(2)26(30)14-21/h7-16H,6H2,1-5H3,(H,31,32)/b18-13+. The van der Waals surface area contributed by atoms with E-state index in [9.17, 15) is 9.18 Å². The fourth-order valence-corrected chi connectivity index (χ4v) is 4.12. The number of ether oxygens (including phenoxy) is 2. The lowest BCUT2D eigenvalue weighted by molar-refractivity contribution is -0.111. The van der Waals surface area contributed by atoms with Crippen molar-refractivity contribution in [2.24, 2.45) is 0 Å². The maximum absolute atomic E-state index is 13.9. The number of anilines is 1. The molecular weight excluding hydrogens is 445 g/mol. The van der Waals surface area contributed by atoms with Crippen LogP contribution in [-0.4, -0.2) is 19.6 Å². The molecule has 0 saturated heterocycles. The SMILES string of the molecule is CCOc1ccc(-c2coc3c(C)c(OC)c(/C(C)=C/C(=O)Nc4ccc(C)c(F)c4)cc23)cc1. The molecule has 0 aliphatic rings. The Morgan fingerprint density at radius 2 is 1.86 bits per heavy atom. The van der Waals surface area contributed by atoms with E-state index >= 15 is 0 Å². The molecule has 35 heavy (non-hydrogen) atoms. The normalized spacial score (nSPS) is 11.5. The molecule has 0 bridgehead atoms. The Morgan fingerprint density at radius 3 is 2.51 bits per heavy atom. The van der Waals surface area contributed by atoms with Gasteiger partial charge in [0.2, 0.25) is 5.91 Å². The fourth-order valence-electron chi connectivity index (χ4n) is 4.12. The number of aryl methyl sites for hydroxylation is 2. The van der Waals surface area contributed by atoms with Crippen molar-refractivity contribution in [3.05, 3.63) is 83.4 Å². The van der Waals surface area contributed by atoms with Crippen LogP contribution in [0.5, 0.6) is 11.5 Å². The van der Waals surface area contributed by atoms with Crippen LogP contribution in [0.1, 0.15) is 30.5 Å². The van der Waals surface area contributed by atoms with Gasteiger partial charge in [0, 0.05) is 33.8 Å². The van der Waals surface area contributed by atoms with E-state index in [4.69, 9.17) is 13.9 Å². The third-order valence-electron chi connectivity index (χ3n) is 5.94.